The molecule has 0 radical (unpaired) electrons. The van der Waals surface area contributed by atoms with Crippen molar-refractivity contribution in [3.63, 3.8) is 0 Å². The van der Waals surface area contributed by atoms with Gasteiger partial charge in [0.1, 0.15) is 0 Å². The number of benzene rings is 1. The summed E-state index contributed by atoms with van der Waals surface area (Å²) in [5.74, 6) is 1.38. The predicted molar refractivity (Wildman–Crippen MR) is 74.4 cm³/mol. The lowest BCUT2D eigenvalue weighted by Crippen LogP contribution is -2.03. The van der Waals surface area contributed by atoms with Gasteiger partial charge in [-0.3, -0.25) is 0 Å². The number of rotatable bonds is 4. The summed E-state index contributed by atoms with van der Waals surface area (Å²) in [7, 11) is 0. The highest BCUT2D eigenvalue weighted by Crippen LogP contribution is 2.29. The van der Waals surface area contributed by atoms with Crippen molar-refractivity contribution in [2.24, 2.45) is 5.92 Å². The van der Waals surface area contributed by atoms with Crippen molar-refractivity contribution in [1.82, 2.24) is 4.98 Å². The summed E-state index contributed by atoms with van der Waals surface area (Å²) in [6.07, 6.45) is 2.85. The zero-order valence-corrected chi connectivity index (χ0v) is 11.7. The molecule has 0 aliphatic rings. The van der Waals surface area contributed by atoms with Crippen molar-refractivity contribution in [2.45, 2.75) is 20.3 Å². The first-order valence-corrected chi connectivity index (χ1v) is 6.64. The van der Waals surface area contributed by atoms with Gasteiger partial charge in [0, 0.05) is 21.4 Å². The highest BCUT2D eigenvalue weighted by atomic mass is 79.9. The van der Waals surface area contributed by atoms with Crippen LogP contribution in [0.25, 0.3) is 10.8 Å². The molecule has 0 N–H and O–H groups in total. The van der Waals surface area contributed by atoms with Gasteiger partial charge in [-0.25, -0.2) is 4.98 Å². The van der Waals surface area contributed by atoms with Crippen LogP contribution in [0, 0.1) is 5.92 Å². The van der Waals surface area contributed by atoms with Gasteiger partial charge in [-0.1, -0.05) is 32.0 Å². The van der Waals surface area contributed by atoms with Gasteiger partial charge in [0.05, 0.1) is 6.61 Å². The first kappa shape index (κ1) is 12.4. The third-order valence-electron chi connectivity index (χ3n) is 2.64. The number of aromatic nitrogens is 1. The maximum absolute atomic E-state index is 5.75. The van der Waals surface area contributed by atoms with Crippen LogP contribution in [0.4, 0.5) is 0 Å². The van der Waals surface area contributed by atoms with Gasteiger partial charge in [-0.2, -0.15) is 0 Å². The number of ether oxygens (including phenoxy) is 1. The van der Waals surface area contributed by atoms with E-state index in [4.69, 9.17) is 4.74 Å². The molecule has 0 aliphatic heterocycles. The number of pyridine rings is 1. The minimum absolute atomic E-state index is 0.650. The Morgan fingerprint density at radius 2 is 1.94 bits per heavy atom. The predicted octanol–water partition coefficient (Wildman–Crippen LogP) is 4.42. The first-order chi connectivity index (χ1) is 8.18. The number of nitrogens with zero attached hydrogens (tertiary/aromatic N) is 1. The molecule has 0 spiro atoms. The minimum Gasteiger partial charge on any atom is -0.477 e. The van der Waals surface area contributed by atoms with E-state index in [1.165, 1.54) is 0 Å². The summed E-state index contributed by atoms with van der Waals surface area (Å²) in [5, 5.41) is 2.20. The quantitative estimate of drug-likeness (QED) is 0.832. The molecule has 90 valence electrons. The summed E-state index contributed by atoms with van der Waals surface area (Å²) in [5.41, 5.74) is 0. The molecule has 0 saturated heterocycles. The van der Waals surface area contributed by atoms with Gasteiger partial charge in [-0.05, 0) is 34.3 Å². The second-order valence-corrected chi connectivity index (χ2v) is 5.34. The van der Waals surface area contributed by atoms with Crippen molar-refractivity contribution in [2.75, 3.05) is 6.61 Å². The van der Waals surface area contributed by atoms with Gasteiger partial charge in [0.15, 0.2) is 0 Å². The standard InChI is InChI=1S/C14H16BrNO/c1-10(2)7-8-17-14-12-6-4-3-5-11(12)13(15)9-16-14/h3-6,9-10H,7-8H2,1-2H3. The average molecular weight is 294 g/mol. The molecule has 1 aromatic heterocycles. The van der Waals surface area contributed by atoms with Crippen LogP contribution in [-0.2, 0) is 0 Å². The zero-order valence-electron chi connectivity index (χ0n) is 10.1. The molecule has 2 nitrogen and oxygen atoms in total. The molecule has 0 amide bonds. The normalized spacial score (nSPS) is 11.1. The summed E-state index contributed by atoms with van der Waals surface area (Å²) >= 11 is 3.50. The molecule has 1 heterocycles. The van der Waals surface area contributed by atoms with Crippen molar-refractivity contribution >= 4 is 26.7 Å². The maximum Gasteiger partial charge on any atom is 0.221 e. The highest BCUT2D eigenvalue weighted by molar-refractivity contribution is 9.10. The molecule has 0 fully saturated rings. The Labute approximate surface area is 110 Å². The van der Waals surface area contributed by atoms with E-state index in [0.717, 1.165) is 34.2 Å². The minimum atomic E-state index is 0.650. The molecule has 0 aliphatic carbocycles. The molecule has 0 unspecified atom stereocenters. The summed E-state index contributed by atoms with van der Waals surface area (Å²) < 4.78 is 6.76. The molecule has 3 heteroatoms. The fourth-order valence-electron chi connectivity index (χ4n) is 1.64. The van der Waals surface area contributed by atoms with Crippen LogP contribution in [0.5, 0.6) is 5.88 Å². The Kier molecular flexibility index (Phi) is 4.00. The molecule has 0 saturated carbocycles. The second-order valence-electron chi connectivity index (χ2n) is 4.49. The van der Waals surface area contributed by atoms with Crippen LogP contribution >= 0.6 is 15.9 Å². The summed E-state index contributed by atoms with van der Waals surface area (Å²) in [6.45, 7) is 5.10. The SMILES string of the molecule is CC(C)CCOc1ncc(Br)c2ccccc12. The summed E-state index contributed by atoms with van der Waals surface area (Å²) in [6, 6.07) is 8.13. The van der Waals surface area contributed by atoms with Crippen LogP contribution < -0.4 is 4.74 Å². The fraction of sp³-hybridized carbons (Fsp3) is 0.357. The average Bonchev–Trinajstić information content (AvgIpc) is 2.32. The second kappa shape index (κ2) is 5.50. The van der Waals surface area contributed by atoms with Crippen molar-refractivity contribution < 1.29 is 4.74 Å². The van der Waals surface area contributed by atoms with Gasteiger partial charge < -0.3 is 4.74 Å². The van der Waals surface area contributed by atoms with E-state index in [-0.39, 0.29) is 0 Å². The molecular formula is C14H16BrNO. The van der Waals surface area contributed by atoms with Gasteiger partial charge in [0.2, 0.25) is 5.88 Å². The highest BCUT2D eigenvalue weighted by Gasteiger charge is 2.06. The Hall–Kier alpha value is -1.09. The molecule has 1 aromatic carbocycles. The lowest BCUT2D eigenvalue weighted by Gasteiger charge is -2.10. The lowest BCUT2D eigenvalue weighted by atomic mass is 10.1. The molecule has 2 aromatic rings. The van der Waals surface area contributed by atoms with E-state index < -0.39 is 0 Å². The third-order valence-corrected chi connectivity index (χ3v) is 3.28. The zero-order chi connectivity index (χ0) is 12.3. The maximum atomic E-state index is 5.75. The van der Waals surface area contributed by atoms with E-state index in [2.05, 4.69) is 40.8 Å². The van der Waals surface area contributed by atoms with E-state index in [1.54, 1.807) is 6.20 Å². The number of fused-ring (bicyclic) bond motifs is 1. The van der Waals surface area contributed by atoms with Crippen LogP contribution in [0.15, 0.2) is 34.9 Å². The van der Waals surface area contributed by atoms with E-state index in [9.17, 15) is 0 Å². The number of halogens is 1. The van der Waals surface area contributed by atoms with Crippen molar-refractivity contribution in [3.8, 4) is 5.88 Å². The molecular weight excluding hydrogens is 278 g/mol. The molecule has 0 atom stereocenters. The van der Waals surface area contributed by atoms with Gasteiger partial charge in [0.25, 0.3) is 0 Å². The van der Waals surface area contributed by atoms with E-state index >= 15 is 0 Å². The van der Waals surface area contributed by atoms with Crippen molar-refractivity contribution in [1.29, 1.82) is 0 Å². The number of hydrogen-bond donors (Lipinski definition) is 0. The Morgan fingerprint density at radius 3 is 2.65 bits per heavy atom. The molecule has 17 heavy (non-hydrogen) atoms. The smallest absolute Gasteiger partial charge is 0.221 e. The Balaban J connectivity index is 2.26. The Morgan fingerprint density at radius 1 is 1.24 bits per heavy atom. The van der Waals surface area contributed by atoms with Crippen LogP contribution in [0.2, 0.25) is 0 Å². The topological polar surface area (TPSA) is 22.1 Å². The monoisotopic (exact) mass is 293 g/mol. The first-order valence-electron chi connectivity index (χ1n) is 5.84. The molecule has 0 bridgehead atoms. The van der Waals surface area contributed by atoms with Crippen molar-refractivity contribution in [3.05, 3.63) is 34.9 Å². The molecule has 2 rings (SSSR count). The largest absolute Gasteiger partial charge is 0.477 e. The van der Waals surface area contributed by atoms with E-state index in [0.29, 0.717) is 5.92 Å². The van der Waals surface area contributed by atoms with Gasteiger partial charge >= 0.3 is 0 Å². The Bertz CT molecular complexity index is 511. The van der Waals surface area contributed by atoms with Crippen LogP contribution in [-0.4, -0.2) is 11.6 Å². The third kappa shape index (κ3) is 2.97. The van der Waals surface area contributed by atoms with E-state index in [1.807, 2.05) is 18.2 Å². The number of hydrogen-bond acceptors (Lipinski definition) is 2. The lowest BCUT2D eigenvalue weighted by molar-refractivity contribution is 0.283. The van der Waals surface area contributed by atoms with Crippen LogP contribution in [0.1, 0.15) is 20.3 Å². The van der Waals surface area contributed by atoms with Gasteiger partial charge in [-0.15, -0.1) is 0 Å². The fourth-order valence-corrected chi connectivity index (χ4v) is 2.09. The summed E-state index contributed by atoms with van der Waals surface area (Å²) in [4.78, 5) is 4.33. The van der Waals surface area contributed by atoms with Crippen LogP contribution in [0.3, 0.4) is 0 Å².